The molecule has 0 aliphatic rings. The van der Waals surface area contributed by atoms with Gasteiger partial charge in [-0.3, -0.25) is 4.79 Å². The summed E-state index contributed by atoms with van der Waals surface area (Å²) in [6.07, 6.45) is 0. The first-order chi connectivity index (χ1) is 5.02. The zero-order chi connectivity index (χ0) is 8.48. The molecular formula is C8H11NOS. The van der Waals surface area contributed by atoms with Gasteiger partial charge in [0.05, 0.1) is 5.51 Å². The second-order valence-corrected chi connectivity index (χ2v) is 4.17. The van der Waals surface area contributed by atoms with Gasteiger partial charge in [-0.25, -0.2) is 4.98 Å². The van der Waals surface area contributed by atoms with Crippen LogP contribution in [-0.4, -0.2) is 10.8 Å². The number of rotatable bonds is 1. The second-order valence-electron chi connectivity index (χ2n) is 3.45. The van der Waals surface area contributed by atoms with Crippen molar-refractivity contribution in [2.24, 2.45) is 5.41 Å². The maximum Gasteiger partial charge on any atom is 0.187 e. The Hall–Kier alpha value is -0.700. The number of aromatic nitrogens is 1. The number of thiazole rings is 1. The van der Waals surface area contributed by atoms with Crippen LogP contribution in [0.25, 0.3) is 0 Å². The number of nitrogens with zero attached hydrogens (tertiary/aromatic N) is 1. The molecule has 0 radical (unpaired) electrons. The Labute approximate surface area is 70.3 Å². The van der Waals surface area contributed by atoms with E-state index in [4.69, 9.17) is 0 Å². The van der Waals surface area contributed by atoms with Gasteiger partial charge in [0, 0.05) is 10.8 Å². The van der Waals surface area contributed by atoms with Crippen molar-refractivity contribution in [2.45, 2.75) is 20.8 Å². The summed E-state index contributed by atoms with van der Waals surface area (Å²) in [5.41, 5.74) is 1.95. The molecule has 0 N–H and O–H groups in total. The third-order valence-electron chi connectivity index (χ3n) is 1.35. The summed E-state index contributed by atoms with van der Waals surface area (Å²) >= 11 is 1.45. The van der Waals surface area contributed by atoms with Gasteiger partial charge in [0.15, 0.2) is 5.78 Å². The smallest absolute Gasteiger partial charge is 0.187 e. The largest absolute Gasteiger partial charge is 0.292 e. The minimum atomic E-state index is -0.311. The van der Waals surface area contributed by atoms with Crippen LogP contribution in [0.3, 0.4) is 0 Å². The van der Waals surface area contributed by atoms with E-state index < -0.39 is 0 Å². The topological polar surface area (TPSA) is 30.0 Å². The Kier molecular flexibility index (Phi) is 2.09. The molecule has 1 aromatic heterocycles. The SMILES string of the molecule is CC(C)(C)C(=O)c1cscn1. The van der Waals surface area contributed by atoms with Gasteiger partial charge in [0.2, 0.25) is 0 Å². The number of carbonyl (C=O) groups excluding carboxylic acids is 1. The highest BCUT2D eigenvalue weighted by atomic mass is 32.1. The summed E-state index contributed by atoms with van der Waals surface area (Å²) in [7, 11) is 0. The van der Waals surface area contributed by atoms with E-state index in [0.717, 1.165) is 0 Å². The van der Waals surface area contributed by atoms with Gasteiger partial charge in [0.1, 0.15) is 5.69 Å². The normalized spacial score (nSPS) is 11.5. The lowest BCUT2D eigenvalue weighted by molar-refractivity contribution is 0.0853. The summed E-state index contributed by atoms with van der Waals surface area (Å²) in [5, 5.41) is 1.79. The summed E-state index contributed by atoms with van der Waals surface area (Å²) < 4.78 is 0. The lowest BCUT2D eigenvalue weighted by Crippen LogP contribution is -2.20. The van der Waals surface area contributed by atoms with Gasteiger partial charge in [-0.05, 0) is 0 Å². The number of ketones is 1. The van der Waals surface area contributed by atoms with Gasteiger partial charge < -0.3 is 0 Å². The fourth-order valence-corrected chi connectivity index (χ4v) is 1.24. The van der Waals surface area contributed by atoms with Crippen LogP contribution in [0.2, 0.25) is 0 Å². The lowest BCUT2D eigenvalue weighted by atomic mass is 9.89. The molecule has 60 valence electrons. The predicted molar refractivity (Wildman–Crippen MR) is 45.9 cm³/mol. The molecule has 1 aromatic rings. The van der Waals surface area contributed by atoms with E-state index in [9.17, 15) is 4.79 Å². The second kappa shape index (κ2) is 2.74. The number of carbonyl (C=O) groups is 1. The Balaban J connectivity index is 2.88. The maximum absolute atomic E-state index is 11.5. The van der Waals surface area contributed by atoms with Crippen LogP contribution in [0.5, 0.6) is 0 Å². The average molecular weight is 169 g/mol. The molecule has 0 spiro atoms. The summed E-state index contributed by atoms with van der Waals surface area (Å²) in [6, 6.07) is 0. The molecular weight excluding hydrogens is 158 g/mol. The maximum atomic E-state index is 11.5. The molecule has 2 nitrogen and oxygen atoms in total. The molecule has 0 fully saturated rings. The molecule has 1 rings (SSSR count). The Morgan fingerprint density at radius 1 is 1.55 bits per heavy atom. The van der Waals surface area contributed by atoms with Crippen LogP contribution in [0.4, 0.5) is 0 Å². The van der Waals surface area contributed by atoms with Gasteiger partial charge >= 0.3 is 0 Å². The summed E-state index contributed by atoms with van der Waals surface area (Å²) in [6.45, 7) is 5.69. The van der Waals surface area contributed by atoms with Crippen LogP contribution in [0, 0.1) is 5.41 Å². The van der Waals surface area contributed by atoms with Crippen LogP contribution >= 0.6 is 11.3 Å². The standard InChI is InChI=1S/C8H11NOS/c1-8(2,3)7(10)6-4-11-5-9-6/h4-5H,1-3H3. The highest BCUT2D eigenvalue weighted by Gasteiger charge is 2.23. The van der Waals surface area contributed by atoms with Crippen molar-refractivity contribution in [2.75, 3.05) is 0 Å². The van der Waals surface area contributed by atoms with Crippen molar-refractivity contribution < 1.29 is 4.79 Å². The molecule has 0 unspecified atom stereocenters. The Morgan fingerprint density at radius 2 is 2.18 bits per heavy atom. The molecule has 0 bridgehead atoms. The van der Waals surface area contributed by atoms with Crippen molar-refractivity contribution in [3.8, 4) is 0 Å². The van der Waals surface area contributed by atoms with Gasteiger partial charge in [-0.2, -0.15) is 0 Å². The molecule has 0 saturated heterocycles. The highest BCUT2D eigenvalue weighted by Crippen LogP contribution is 2.20. The fraction of sp³-hybridized carbons (Fsp3) is 0.500. The van der Waals surface area contributed by atoms with E-state index in [-0.39, 0.29) is 11.2 Å². The number of hydrogen-bond donors (Lipinski definition) is 0. The third-order valence-corrected chi connectivity index (χ3v) is 1.93. The first-order valence-corrected chi connectivity index (χ1v) is 4.39. The van der Waals surface area contributed by atoms with Crippen LogP contribution in [0.1, 0.15) is 31.3 Å². The minimum Gasteiger partial charge on any atom is -0.292 e. The Morgan fingerprint density at radius 3 is 2.55 bits per heavy atom. The molecule has 0 saturated carbocycles. The molecule has 0 atom stereocenters. The molecule has 11 heavy (non-hydrogen) atoms. The van der Waals surface area contributed by atoms with E-state index in [1.54, 1.807) is 10.9 Å². The van der Waals surface area contributed by atoms with Gasteiger partial charge in [0.25, 0.3) is 0 Å². The lowest BCUT2D eigenvalue weighted by Gasteiger charge is -2.13. The van der Waals surface area contributed by atoms with Crippen molar-refractivity contribution in [3.63, 3.8) is 0 Å². The predicted octanol–water partition coefficient (Wildman–Crippen LogP) is 2.37. The van der Waals surface area contributed by atoms with Crippen LogP contribution < -0.4 is 0 Å². The van der Waals surface area contributed by atoms with Gasteiger partial charge in [-0.15, -0.1) is 11.3 Å². The molecule has 0 aromatic carbocycles. The van der Waals surface area contributed by atoms with Crippen molar-refractivity contribution in [1.82, 2.24) is 4.98 Å². The monoisotopic (exact) mass is 169 g/mol. The van der Waals surface area contributed by atoms with Gasteiger partial charge in [-0.1, -0.05) is 20.8 Å². The molecule has 0 aliphatic heterocycles. The first kappa shape index (κ1) is 8.40. The van der Waals surface area contributed by atoms with E-state index in [1.807, 2.05) is 20.8 Å². The molecule has 0 amide bonds. The summed E-state index contributed by atoms with van der Waals surface area (Å²) in [5.74, 6) is 0.110. The molecule has 0 aliphatic carbocycles. The summed E-state index contributed by atoms with van der Waals surface area (Å²) in [4.78, 5) is 15.4. The highest BCUT2D eigenvalue weighted by molar-refractivity contribution is 7.07. The van der Waals surface area contributed by atoms with Crippen LogP contribution in [0.15, 0.2) is 10.9 Å². The number of hydrogen-bond acceptors (Lipinski definition) is 3. The molecule has 1 heterocycles. The van der Waals surface area contributed by atoms with Crippen molar-refractivity contribution >= 4 is 17.1 Å². The zero-order valence-electron chi connectivity index (χ0n) is 6.92. The van der Waals surface area contributed by atoms with E-state index >= 15 is 0 Å². The van der Waals surface area contributed by atoms with E-state index in [0.29, 0.717) is 5.69 Å². The van der Waals surface area contributed by atoms with E-state index in [1.165, 1.54) is 11.3 Å². The molecule has 3 heteroatoms. The van der Waals surface area contributed by atoms with Crippen LogP contribution in [-0.2, 0) is 0 Å². The van der Waals surface area contributed by atoms with E-state index in [2.05, 4.69) is 4.98 Å². The van der Waals surface area contributed by atoms with Crippen molar-refractivity contribution in [3.05, 3.63) is 16.6 Å². The average Bonchev–Trinajstić information content (AvgIpc) is 2.34. The first-order valence-electron chi connectivity index (χ1n) is 3.45. The Bertz CT molecular complexity index is 246. The minimum absolute atomic E-state index is 0.110. The zero-order valence-corrected chi connectivity index (χ0v) is 7.73. The number of Topliss-reactive ketones (excluding diaryl/α,β-unsaturated/α-hetero) is 1. The third kappa shape index (κ3) is 1.87. The quantitative estimate of drug-likeness (QED) is 0.604. The fourth-order valence-electron chi connectivity index (χ4n) is 0.709. The van der Waals surface area contributed by atoms with Crippen molar-refractivity contribution in [1.29, 1.82) is 0 Å².